The molecule has 0 aliphatic rings. The van der Waals surface area contributed by atoms with Crippen LogP contribution in [0.1, 0.15) is 16.7 Å². The average Bonchev–Trinajstić information content (AvgIpc) is 2.16. The lowest BCUT2D eigenvalue weighted by atomic mass is 10.1. The lowest BCUT2D eigenvalue weighted by Gasteiger charge is -2.07. The van der Waals surface area contributed by atoms with E-state index in [1.54, 1.807) is 12.1 Å². The molecule has 0 heterocycles. The van der Waals surface area contributed by atoms with Crippen LogP contribution in [0, 0.1) is 18.3 Å². The zero-order chi connectivity index (χ0) is 9.84. The molecule has 0 amide bonds. The van der Waals surface area contributed by atoms with Gasteiger partial charge in [-0.15, -0.1) is 0 Å². The number of nitrogens with zero attached hydrogens (tertiary/aromatic N) is 1. The van der Waals surface area contributed by atoms with Crippen LogP contribution in [0.25, 0.3) is 0 Å². The Morgan fingerprint density at radius 1 is 1.54 bits per heavy atom. The summed E-state index contributed by atoms with van der Waals surface area (Å²) >= 11 is 0. The number of nitriles is 1. The van der Waals surface area contributed by atoms with E-state index in [1.165, 1.54) is 7.11 Å². The molecule has 0 aromatic heterocycles. The number of rotatable bonds is 2. The lowest BCUT2D eigenvalue weighted by molar-refractivity contribution is 0.281. The van der Waals surface area contributed by atoms with Crippen molar-refractivity contribution in [3.63, 3.8) is 0 Å². The highest BCUT2D eigenvalue weighted by molar-refractivity contribution is 5.50. The molecule has 1 aromatic carbocycles. The number of benzene rings is 1. The van der Waals surface area contributed by atoms with Gasteiger partial charge in [-0.2, -0.15) is 5.26 Å². The first kappa shape index (κ1) is 9.56. The van der Waals surface area contributed by atoms with E-state index < -0.39 is 0 Å². The second kappa shape index (κ2) is 3.92. The Morgan fingerprint density at radius 2 is 2.23 bits per heavy atom. The van der Waals surface area contributed by atoms with Gasteiger partial charge in [0.25, 0.3) is 0 Å². The maximum Gasteiger partial charge on any atom is 0.137 e. The molecule has 68 valence electrons. The van der Waals surface area contributed by atoms with Gasteiger partial charge in [0.05, 0.1) is 19.3 Å². The molecule has 1 aromatic rings. The third-order valence-electron chi connectivity index (χ3n) is 1.87. The molecule has 0 aliphatic heterocycles. The van der Waals surface area contributed by atoms with Gasteiger partial charge in [-0.3, -0.25) is 0 Å². The maximum atomic E-state index is 8.91. The quantitative estimate of drug-likeness (QED) is 0.742. The van der Waals surface area contributed by atoms with Crippen molar-refractivity contribution in [3.8, 4) is 11.8 Å². The fraction of sp³-hybridized carbons (Fsp3) is 0.300. The second-order valence-corrected chi connectivity index (χ2v) is 2.76. The molecule has 1 rings (SSSR count). The van der Waals surface area contributed by atoms with E-state index >= 15 is 0 Å². The van der Waals surface area contributed by atoms with Crippen molar-refractivity contribution in [2.75, 3.05) is 7.11 Å². The normalized spacial score (nSPS) is 9.38. The van der Waals surface area contributed by atoms with Crippen molar-refractivity contribution in [2.45, 2.75) is 13.5 Å². The van der Waals surface area contributed by atoms with E-state index in [0.717, 1.165) is 11.1 Å². The SMILES string of the molecule is COc1cc(CO)cc(C)c1C#N. The topological polar surface area (TPSA) is 53.2 Å². The van der Waals surface area contributed by atoms with Crippen LogP contribution in [0.15, 0.2) is 12.1 Å². The van der Waals surface area contributed by atoms with E-state index in [1.807, 2.05) is 6.92 Å². The predicted octanol–water partition coefficient (Wildman–Crippen LogP) is 1.37. The van der Waals surface area contributed by atoms with Gasteiger partial charge in [0.1, 0.15) is 11.8 Å². The van der Waals surface area contributed by atoms with Gasteiger partial charge in [-0.05, 0) is 24.1 Å². The fourth-order valence-corrected chi connectivity index (χ4v) is 1.22. The highest BCUT2D eigenvalue weighted by Gasteiger charge is 2.07. The van der Waals surface area contributed by atoms with E-state index in [-0.39, 0.29) is 6.61 Å². The third-order valence-corrected chi connectivity index (χ3v) is 1.87. The van der Waals surface area contributed by atoms with Crippen LogP contribution in [0.2, 0.25) is 0 Å². The van der Waals surface area contributed by atoms with Gasteiger partial charge in [-0.1, -0.05) is 6.07 Å². The molecule has 0 saturated carbocycles. The van der Waals surface area contributed by atoms with E-state index in [2.05, 4.69) is 6.07 Å². The molecule has 13 heavy (non-hydrogen) atoms. The minimum absolute atomic E-state index is 0.0388. The Morgan fingerprint density at radius 3 is 2.69 bits per heavy atom. The molecule has 0 atom stereocenters. The van der Waals surface area contributed by atoms with Gasteiger partial charge >= 0.3 is 0 Å². The van der Waals surface area contributed by atoms with Crippen LogP contribution < -0.4 is 4.74 Å². The zero-order valence-corrected chi connectivity index (χ0v) is 7.66. The Balaban J connectivity index is 3.31. The number of hydrogen-bond donors (Lipinski definition) is 1. The summed E-state index contributed by atoms with van der Waals surface area (Å²) in [4.78, 5) is 0. The zero-order valence-electron chi connectivity index (χ0n) is 7.66. The molecular formula is C10H11NO2. The Bertz CT molecular complexity index is 353. The predicted molar refractivity (Wildman–Crippen MR) is 48.4 cm³/mol. The molecule has 0 aliphatic carbocycles. The average molecular weight is 177 g/mol. The minimum atomic E-state index is -0.0388. The van der Waals surface area contributed by atoms with Gasteiger partial charge < -0.3 is 9.84 Å². The number of aliphatic hydroxyl groups excluding tert-OH is 1. The number of aryl methyl sites for hydroxylation is 1. The summed E-state index contributed by atoms with van der Waals surface area (Å²) < 4.78 is 5.03. The van der Waals surface area contributed by atoms with Gasteiger partial charge in [0, 0.05) is 0 Å². The number of ether oxygens (including phenoxy) is 1. The third kappa shape index (κ3) is 1.79. The monoisotopic (exact) mass is 177 g/mol. The Labute approximate surface area is 77.2 Å². The van der Waals surface area contributed by atoms with Crippen molar-refractivity contribution in [2.24, 2.45) is 0 Å². The van der Waals surface area contributed by atoms with Gasteiger partial charge in [-0.25, -0.2) is 0 Å². The van der Waals surface area contributed by atoms with Crippen LogP contribution in [0.4, 0.5) is 0 Å². The number of aliphatic hydroxyl groups is 1. The molecule has 1 N–H and O–H groups in total. The lowest BCUT2D eigenvalue weighted by Crippen LogP contribution is -1.94. The summed E-state index contributed by atoms with van der Waals surface area (Å²) in [5.74, 6) is 0.520. The molecule has 0 bridgehead atoms. The Hall–Kier alpha value is -1.53. The van der Waals surface area contributed by atoms with Crippen LogP contribution >= 0.6 is 0 Å². The summed E-state index contributed by atoms with van der Waals surface area (Å²) in [7, 11) is 1.51. The van der Waals surface area contributed by atoms with Gasteiger partial charge in [0.15, 0.2) is 0 Å². The summed E-state index contributed by atoms with van der Waals surface area (Å²) in [5.41, 5.74) is 2.11. The van der Waals surface area contributed by atoms with E-state index in [0.29, 0.717) is 11.3 Å². The summed E-state index contributed by atoms with van der Waals surface area (Å²) in [6.07, 6.45) is 0. The van der Waals surface area contributed by atoms with Crippen molar-refractivity contribution in [1.82, 2.24) is 0 Å². The molecule has 0 fully saturated rings. The van der Waals surface area contributed by atoms with Crippen LogP contribution in [0.3, 0.4) is 0 Å². The summed E-state index contributed by atoms with van der Waals surface area (Å²) in [6, 6.07) is 5.51. The van der Waals surface area contributed by atoms with E-state index in [9.17, 15) is 0 Å². The first-order chi connectivity index (χ1) is 6.22. The van der Waals surface area contributed by atoms with E-state index in [4.69, 9.17) is 15.1 Å². The highest BCUT2D eigenvalue weighted by Crippen LogP contribution is 2.23. The molecule has 0 saturated heterocycles. The molecular weight excluding hydrogens is 166 g/mol. The summed E-state index contributed by atoms with van der Waals surface area (Å²) in [5, 5.41) is 17.7. The molecule has 0 spiro atoms. The maximum absolute atomic E-state index is 8.91. The first-order valence-electron chi connectivity index (χ1n) is 3.91. The first-order valence-corrected chi connectivity index (χ1v) is 3.91. The fourth-order valence-electron chi connectivity index (χ4n) is 1.22. The molecule has 0 radical (unpaired) electrons. The number of hydrogen-bond acceptors (Lipinski definition) is 3. The smallest absolute Gasteiger partial charge is 0.137 e. The van der Waals surface area contributed by atoms with Crippen molar-refractivity contribution in [1.29, 1.82) is 5.26 Å². The molecule has 3 heteroatoms. The largest absolute Gasteiger partial charge is 0.495 e. The van der Waals surface area contributed by atoms with Crippen LogP contribution in [0.5, 0.6) is 5.75 Å². The van der Waals surface area contributed by atoms with Crippen molar-refractivity contribution in [3.05, 3.63) is 28.8 Å². The standard InChI is InChI=1S/C10H11NO2/c1-7-3-8(6-12)4-10(13-2)9(7)5-11/h3-4,12H,6H2,1-2H3. The van der Waals surface area contributed by atoms with Crippen molar-refractivity contribution >= 4 is 0 Å². The Kier molecular flexibility index (Phi) is 2.88. The minimum Gasteiger partial charge on any atom is -0.495 e. The second-order valence-electron chi connectivity index (χ2n) is 2.76. The molecule has 0 unspecified atom stereocenters. The highest BCUT2D eigenvalue weighted by atomic mass is 16.5. The summed E-state index contributed by atoms with van der Waals surface area (Å²) in [6.45, 7) is 1.78. The van der Waals surface area contributed by atoms with Crippen LogP contribution in [-0.2, 0) is 6.61 Å². The van der Waals surface area contributed by atoms with Crippen molar-refractivity contribution < 1.29 is 9.84 Å². The number of methoxy groups -OCH3 is 1. The van der Waals surface area contributed by atoms with Crippen LogP contribution in [-0.4, -0.2) is 12.2 Å². The molecule has 3 nitrogen and oxygen atoms in total. The van der Waals surface area contributed by atoms with Gasteiger partial charge in [0.2, 0.25) is 0 Å².